The standard InChI is InChI=1S/C20H18N6O2S/c1-13-10-16(6-7-22-13)25-20(27)28-18-19(29-14(2)23-18)24-15-4-3-5-17(11-15)26-9-8-21-12-26/h3-12,24H,1-2H3,(H,22,25,27). The van der Waals surface area contributed by atoms with Crippen LogP contribution in [0.3, 0.4) is 0 Å². The maximum Gasteiger partial charge on any atom is 0.418 e. The van der Waals surface area contributed by atoms with Gasteiger partial charge in [0.1, 0.15) is 0 Å². The van der Waals surface area contributed by atoms with Gasteiger partial charge in [0.05, 0.1) is 11.3 Å². The van der Waals surface area contributed by atoms with Gasteiger partial charge in [-0.15, -0.1) is 0 Å². The normalized spacial score (nSPS) is 10.6. The van der Waals surface area contributed by atoms with E-state index in [9.17, 15) is 4.79 Å². The molecule has 4 aromatic rings. The van der Waals surface area contributed by atoms with Crippen molar-refractivity contribution in [2.24, 2.45) is 0 Å². The molecule has 0 radical (unpaired) electrons. The first-order valence-electron chi connectivity index (χ1n) is 8.81. The van der Waals surface area contributed by atoms with Gasteiger partial charge in [0.15, 0.2) is 5.00 Å². The number of thiazole rings is 1. The third kappa shape index (κ3) is 4.58. The average molecular weight is 406 g/mol. The van der Waals surface area contributed by atoms with Crippen LogP contribution >= 0.6 is 11.3 Å². The van der Waals surface area contributed by atoms with E-state index in [0.717, 1.165) is 22.1 Å². The van der Waals surface area contributed by atoms with Crippen molar-refractivity contribution in [3.8, 4) is 11.6 Å². The molecule has 8 nitrogen and oxygen atoms in total. The number of amides is 1. The Balaban J connectivity index is 1.50. The number of pyridine rings is 1. The van der Waals surface area contributed by atoms with E-state index in [1.54, 1.807) is 30.9 Å². The SMILES string of the molecule is Cc1cc(NC(=O)Oc2nc(C)sc2Nc2cccc(-n3ccnc3)c2)ccn1. The van der Waals surface area contributed by atoms with E-state index in [4.69, 9.17) is 4.74 Å². The highest BCUT2D eigenvalue weighted by Gasteiger charge is 2.15. The average Bonchev–Trinajstić information content (AvgIpc) is 3.32. The molecule has 9 heteroatoms. The molecule has 0 bridgehead atoms. The number of aromatic nitrogens is 4. The number of anilines is 3. The van der Waals surface area contributed by atoms with E-state index in [1.807, 2.05) is 48.9 Å². The van der Waals surface area contributed by atoms with Crippen LogP contribution in [0.15, 0.2) is 61.3 Å². The monoisotopic (exact) mass is 406 g/mol. The largest absolute Gasteiger partial charge is 0.418 e. The third-order valence-corrected chi connectivity index (χ3v) is 4.81. The molecule has 0 fully saturated rings. The van der Waals surface area contributed by atoms with Crippen molar-refractivity contribution in [3.63, 3.8) is 0 Å². The summed E-state index contributed by atoms with van der Waals surface area (Å²) < 4.78 is 7.34. The number of benzene rings is 1. The second-order valence-corrected chi connectivity index (χ2v) is 7.42. The molecule has 0 aliphatic rings. The van der Waals surface area contributed by atoms with Crippen LogP contribution in [0, 0.1) is 13.8 Å². The summed E-state index contributed by atoms with van der Waals surface area (Å²) in [6.07, 6.45) is 6.33. The fourth-order valence-corrected chi connectivity index (χ4v) is 3.47. The molecular weight excluding hydrogens is 388 g/mol. The van der Waals surface area contributed by atoms with Crippen LogP contribution in [0.1, 0.15) is 10.7 Å². The highest BCUT2D eigenvalue weighted by atomic mass is 32.1. The Labute approximate surface area is 171 Å². The van der Waals surface area contributed by atoms with Crippen LogP contribution in [0.4, 0.5) is 21.2 Å². The minimum atomic E-state index is -0.615. The number of hydrogen-bond donors (Lipinski definition) is 2. The van der Waals surface area contributed by atoms with Gasteiger partial charge in [-0.1, -0.05) is 17.4 Å². The summed E-state index contributed by atoms with van der Waals surface area (Å²) in [6.45, 7) is 3.70. The van der Waals surface area contributed by atoms with Crippen molar-refractivity contribution >= 4 is 33.8 Å². The number of nitrogens with one attached hydrogen (secondary N) is 2. The molecule has 0 aliphatic heterocycles. The first-order chi connectivity index (χ1) is 14.1. The number of aryl methyl sites for hydroxylation is 2. The molecule has 2 N–H and O–H groups in total. The van der Waals surface area contributed by atoms with Gasteiger partial charge < -0.3 is 14.6 Å². The van der Waals surface area contributed by atoms with Gasteiger partial charge >= 0.3 is 6.09 Å². The lowest BCUT2D eigenvalue weighted by molar-refractivity contribution is 0.214. The summed E-state index contributed by atoms with van der Waals surface area (Å²) in [4.78, 5) is 24.8. The van der Waals surface area contributed by atoms with Crippen molar-refractivity contribution < 1.29 is 9.53 Å². The first kappa shape index (κ1) is 18.6. The summed E-state index contributed by atoms with van der Waals surface area (Å²) in [6, 6.07) is 11.3. The van der Waals surface area contributed by atoms with Gasteiger partial charge in [-0.05, 0) is 44.2 Å². The van der Waals surface area contributed by atoms with Crippen LogP contribution in [-0.2, 0) is 0 Å². The summed E-state index contributed by atoms with van der Waals surface area (Å²) in [5, 5.41) is 7.39. The number of imidazole rings is 1. The molecule has 1 amide bonds. The van der Waals surface area contributed by atoms with Gasteiger partial charge in [0, 0.05) is 41.3 Å². The second-order valence-electron chi connectivity index (χ2n) is 6.21. The molecule has 0 saturated carbocycles. The van der Waals surface area contributed by atoms with Gasteiger partial charge in [-0.3, -0.25) is 10.3 Å². The van der Waals surface area contributed by atoms with E-state index in [1.165, 1.54) is 11.3 Å². The molecule has 0 atom stereocenters. The Hall–Kier alpha value is -3.72. The quantitative estimate of drug-likeness (QED) is 0.499. The summed E-state index contributed by atoms with van der Waals surface area (Å²) in [5.41, 5.74) is 3.21. The topological polar surface area (TPSA) is 94.0 Å². The summed E-state index contributed by atoms with van der Waals surface area (Å²) in [5.74, 6) is 0.226. The van der Waals surface area contributed by atoms with E-state index in [0.29, 0.717) is 10.7 Å². The number of nitrogens with zero attached hydrogens (tertiary/aromatic N) is 4. The van der Waals surface area contributed by atoms with Crippen molar-refractivity contribution in [3.05, 3.63) is 72.0 Å². The Kier molecular flexibility index (Phi) is 5.21. The zero-order chi connectivity index (χ0) is 20.2. The Morgan fingerprint density at radius 1 is 1.14 bits per heavy atom. The van der Waals surface area contributed by atoms with Gasteiger partial charge in [0.25, 0.3) is 5.88 Å². The van der Waals surface area contributed by atoms with Crippen LogP contribution < -0.4 is 15.4 Å². The lowest BCUT2D eigenvalue weighted by atomic mass is 10.3. The minimum Gasteiger partial charge on any atom is -0.388 e. The van der Waals surface area contributed by atoms with E-state index in [-0.39, 0.29) is 5.88 Å². The van der Waals surface area contributed by atoms with Crippen LogP contribution in [0.2, 0.25) is 0 Å². The maximum absolute atomic E-state index is 12.3. The summed E-state index contributed by atoms with van der Waals surface area (Å²) >= 11 is 1.41. The number of hydrogen-bond acceptors (Lipinski definition) is 7. The van der Waals surface area contributed by atoms with Crippen LogP contribution in [0.25, 0.3) is 5.69 Å². The number of rotatable bonds is 5. The Morgan fingerprint density at radius 3 is 2.83 bits per heavy atom. The number of ether oxygens (including phenoxy) is 1. The third-order valence-electron chi connectivity index (χ3n) is 3.94. The highest BCUT2D eigenvalue weighted by molar-refractivity contribution is 7.16. The highest BCUT2D eigenvalue weighted by Crippen LogP contribution is 2.34. The van der Waals surface area contributed by atoms with Crippen molar-refractivity contribution in [2.75, 3.05) is 10.6 Å². The molecule has 3 heterocycles. The van der Waals surface area contributed by atoms with Crippen molar-refractivity contribution in [2.45, 2.75) is 13.8 Å². The predicted octanol–water partition coefficient (Wildman–Crippen LogP) is 4.70. The smallest absolute Gasteiger partial charge is 0.388 e. The molecule has 0 aliphatic carbocycles. The Morgan fingerprint density at radius 2 is 2.03 bits per heavy atom. The zero-order valence-corrected chi connectivity index (χ0v) is 16.6. The number of carbonyl (C=O) groups excluding carboxylic acids is 1. The summed E-state index contributed by atoms with van der Waals surface area (Å²) in [7, 11) is 0. The maximum atomic E-state index is 12.3. The van der Waals surface area contributed by atoms with E-state index < -0.39 is 6.09 Å². The van der Waals surface area contributed by atoms with Crippen LogP contribution in [-0.4, -0.2) is 25.6 Å². The fraction of sp³-hybridized carbons (Fsp3) is 0.100. The van der Waals surface area contributed by atoms with Crippen molar-refractivity contribution in [1.29, 1.82) is 0 Å². The predicted molar refractivity (Wildman–Crippen MR) is 112 cm³/mol. The minimum absolute atomic E-state index is 0.226. The molecule has 1 aromatic carbocycles. The van der Waals surface area contributed by atoms with Crippen LogP contribution in [0.5, 0.6) is 5.88 Å². The van der Waals surface area contributed by atoms with Gasteiger partial charge in [-0.2, -0.15) is 0 Å². The van der Waals surface area contributed by atoms with E-state index in [2.05, 4.69) is 25.6 Å². The Bertz CT molecular complexity index is 1140. The number of carbonyl (C=O) groups is 1. The van der Waals surface area contributed by atoms with Gasteiger partial charge in [0.2, 0.25) is 0 Å². The van der Waals surface area contributed by atoms with Gasteiger partial charge in [-0.25, -0.2) is 14.8 Å². The molecule has 0 unspecified atom stereocenters. The molecule has 0 spiro atoms. The zero-order valence-electron chi connectivity index (χ0n) is 15.8. The molecule has 0 saturated heterocycles. The molecule has 3 aromatic heterocycles. The lowest BCUT2D eigenvalue weighted by Gasteiger charge is -2.09. The first-order valence-corrected chi connectivity index (χ1v) is 9.63. The molecule has 29 heavy (non-hydrogen) atoms. The van der Waals surface area contributed by atoms with Crippen molar-refractivity contribution in [1.82, 2.24) is 19.5 Å². The van der Waals surface area contributed by atoms with E-state index >= 15 is 0 Å². The molecule has 4 rings (SSSR count). The lowest BCUT2D eigenvalue weighted by Crippen LogP contribution is -2.17. The fourth-order valence-electron chi connectivity index (χ4n) is 2.70. The second kappa shape index (κ2) is 8.11. The molecule has 146 valence electrons. The molecular formula is C20H18N6O2S.